The molecule has 34 heavy (non-hydrogen) atoms. The minimum atomic E-state index is -0.644. The Morgan fingerprint density at radius 3 is 2.41 bits per heavy atom. The molecule has 168 valence electrons. The van der Waals surface area contributed by atoms with Gasteiger partial charge < -0.3 is 4.74 Å². The van der Waals surface area contributed by atoms with Crippen LogP contribution in [0.1, 0.15) is 21.7 Å². The van der Waals surface area contributed by atoms with Crippen molar-refractivity contribution in [2.45, 2.75) is 13.2 Å². The van der Waals surface area contributed by atoms with Crippen molar-refractivity contribution < 1.29 is 13.9 Å². The molecule has 0 radical (unpaired) electrons. The number of benzene rings is 3. The molecule has 0 bridgehead atoms. The Morgan fingerprint density at radius 2 is 1.65 bits per heavy atom. The van der Waals surface area contributed by atoms with Crippen LogP contribution in [0.3, 0.4) is 0 Å². The molecule has 0 unspecified atom stereocenters. The molecule has 0 saturated carbocycles. The van der Waals surface area contributed by atoms with Crippen molar-refractivity contribution in [2.75, 3.05) is 0 Å². The number of carbonyl (C=O) groups is 1. The van der Waals surface area contributed by atoms with Gasteiger partial charge in [-0.2, -0.15) is 5.10 Å². The fourth-order valence-corrected chi connectivity index (χ4v) is 4.37. The number of thiazole rings is 1. The van der Waals surface area contributed by atoms with E-state index in [0.29, 0.717) is 21.5 Å². The van der Waals surface area contributed by atoms with Gasteiger partial charge in [-0.05, 0) is 35.9 Å². The van der Waals surface area contributed by atoms with E-state index in [2.05, 4.69) is 10.1 Å². The second kappa shape index (κ2) is 9.36. The SMILES string of the molecule is O=C(OCc1csc(-c2ccc(F)cc2)n1)c1nn(Cc2ccccc2)c(=O)c2ccccc12. The number of fused-ring (bicyclic) bond motifs is 1. The van der Waals surface area contributed by atoms with Gasteiger partial charge in [0.05, 0.1) is 17.6 Å². The zero-order chi connectivity index (χ0) is 23.5. The van der Waals surface area contributed by atoms with Gasteiger partial charge in [0.2, 0.25) is 0 Å². The van der Waals surface area contributed by atoms with E-state index in [1.54, 1.807) is 41.8 Å². The number of hydrogen-bond donors (Lipinski definition) is 0. The quantitative estimate of drug-likeness (QED) is 0.324. The first-order chi connectivity index (χ1) is 16.6. The maximum Gasteiger partial charge on any atom is 0.359 e. The monoisotopic (exact) mass is 471 g/mol. The minimum absolute atomic E-state index is 0.0512. The van der Waals surface area contributed by atoms with Gasteiger partial charge >= 0.3 is 5.97 Å². The topological polar surface area (TPSA) is 74.1 Å². The van der Waals surface area contributed by atoms with Crippen LogP contribution in [0.4, 0.5) is 4.39 Å². The first-order valence-corrected chi connectivity index (χ1v) is 11.4. The van der Waals surface area contributed by atoms with E-state index in [4.69, 9.17) is 4.74 Å². The number of halogens is 1. The Bertz CT molecular complexity index is 1530. The number of carbonyl (C=O) groups excluding carboxylic acids is 1. The zero-order valence-electron chi connectivity index (χ0n) is 17.8. The number of rotatable bonds is 6. The van der Waals surface area contributed by atoms with Gasteiger partial charge in [-0.1, -0.05) is 48.5 Å². The molecule has 0 aliphatic heterocycles. The second-order valence-corrected chi connectivity index (χ2v) is 8.43. The summed E-state index contributed by atoms with van der Waals surface area (Å²) in [5.74, 6) is -0.961. The van der Waals surface area contributed by atoms with Crippen molar-refractivity contribution in [2.24, 2.45) is 0 Å². The Kier molecular flexibility index (Phi) is 5.97. The Hall–Kier alpha value is -4.17. The van der Waals surface area contributed by atoms with Crippen LogP contribution in [-0.4, -0.2) is 20.7 Å². The van der Waals surface area contributed by atoms with Crippen molar-refractivity contribution >= 4 is 28.1 Å². The predicted molar refractivity (Wildman–Crippen MR) is 128 cm³/mol. The number of hydrogen-bond acceptors (Lipinski definition) is 6. The molecular formula is C26H18FN3O3S. The molecule has 2 heterocycles. The smallest absolute Gasteiger partial charge is 0.359 e. The highest BCUT2D eigenvalue weighted by Gasteiger charge is 2.19. The van der Waals surface area contributed by atoms with Crippen LogP contribution in [0.5, 0.6) is 0 Å². The van der Waals surface area contributed by atoms with E-state index in [9.17, 15) is 14.0 Å². The van der Waals surface area contributed by atoms with Gasteiger partial charge in [-0.25, -0.2) is 18.9 Å². The van der Waals surface area contributed by atoms with Gasteiger partial charge in [0.25, 0.3) is 5.56 Å². The highest BCUT2D eigenvalue weighted by Crippen LogP contribution is 2.24. The van der Waals surface area contributed by atoms with E-state index < -0.39 is 5.97 Å². The van der Waals surface area contributed by atoms with Crippen LogP contribution in [0.15, 0.2) is 89.0 Å². The Morgan fingerprint density at radius 1 is 0.941 bits per heavy atom. The standard InChI is InChI=1S/C26H18FN3O3S/c27-19-12-10-18(11-13-19)24-28-20(16-34-24)15-33-26(32)23-21-8-4-5-9-22(21)25(31)30(29-23)14-17-6-2-1-3-7-17/h1-13,16H,14-15H2. The molecule has 2 aromatic heterocycles. The van der Waals surface area contributed by atoms with Crippen LogP contribution in [0.2, 0.25) is 0 Å². The molecule has 6 nitrogen and oxygen atoms in total. The molecule has 0 aliphatic carbocycles. The van der Waals surface area contributed by atoms with E-state index >= 15 is 0 Å². The van der Waals surface area contributed by atoms with E-state index in [1.165, 1.54) is 28.2 Å². The molecule has 0 aliphatic rings. The van der Waals surface area contributed by atoms with Crippen molar-refractivity contribution in [1.82, 2.24) is 14.8 Å². The average molecular weight is 472 g/mol. The maximum absolute atomic E-state index is 13.2. The lowest BCUT2D eigenvalue weighted by atomic mass is 10.1. The summed E-state index contributed by atoms with van der Waals surface area (Å²) in [5.41, 5.74) is 2.03. The molecular weight excluding hydrogens is 453 g/mol. The molecule has 5 rings (SSSR count). The molecule has 0 N–H and O–H groups in total. The van der Waals surface area contributed by atoms with Gasteiger partial charge in [0, 0.05) is 16.3 Å². The van der Waals surface area contributed by atoms with E-state index in [1.807, 2.05) is 30.3 Å². The highest BCUT2D eigenvalue weighted by atomic mass is 32.1. The Labute approximate surface area is 197 Å². The minimum Gasteiger partial charge on any atom is -0.454 e. The fourth-order valence-electron chi connectivity index (χ4n) is 3.56. The van der Waals surface area contributed by atoms with Gasteiger partial charge in [-0.15, -0.1) is 11.3 Å². The number of nitrogens with zero attached hydrogens (tertiary/aromatic N) is 3. The predicted octanol–water partition coefficient (Wildman–Crippen LogP) is 5.06. The summed E-state index contributed by atoms with van der Waals surface area (Å²) >= 11 is 1.38. The van der Waals surface area contributed by atoms with E-state index in [-0.39, 0.29) is 30.2 Å². The third kappa shape index (κ3) is 4.49. The molecule has 3 aromatic carbocycles. The lowest BCUT2D eigenvalue weighted by Gasteiger charge is -2.11. The summed E-state index contributed by atoms with van der Waals surface area (Å²) in [5, 5.41) is 7.66. The summed E-state index contributed by atoms with van der Waals surface area (Å²) in [6.45, 7) is 0.183. The lowest BCUT2D eigenvalue weighted by molar-refractivity contribution is 0.0461. The zero-order valence-corrected chi connectivity index (χ0v) is 18.7. The number of esters is 1. The van der Waals surface area contributed by atoms with Gasteiger partial charge in [0.15, 0.2) is 5.69 Å². The normalized spacial score (nSPS) is 11.0. The number of ether oxygens (including phenoxy) is 1. The summed E-state index contributed by atoms with van der Waals surface area (Å²) in [7, 11) is 0. The first kappa shape index (κ1) is 21.7. The van der Waals surface area contributed by atoms with Gasteiger partial charge in [-0.3, -0.25) is 4.79 Å². The molecule has 0 fully saturated rings. The molecule has 0 atom stereocenters. The van der Waals surface area contributed by atoms with Crippen LogP contribution in [-0.2, 0) is 17.9 Å². The third-order valence-electron chi connectivity index (χ3n) is 5.23. The molecule has 5 aromatic rings. The third-order valence-corrected chi connectivity index (χ3v) is 6.17. The second-order valence-electron chi connectivity index (χ2n) is 7.57. The Balaban J connectivity index is 1.40. The van der Waals surface area contributed by atoms with Crippen molar-refractivity contribution in [3.8, 4) is 10.6 Å². The maximum atomic E-state index is 13.2. The fraction of sp³-hybridized carbons (Fsp3) is 0.0769. The largest absolute Gasteiger partial charge is 0.454 e. The molecule has 8 heteroatoms. The lowest BCUT2D eigenvalue weighted by Crippen LogP contribution is -2.27. The molecule has 0 amide bonds. The summed E-state index contributed by atoms with van der Waals surface area (Å²) in [4.78, 5) is 30.4. The average Bonchev–Trinajstić information content (AvgIpc) is 3.34. The molecule has 0 saturated heterocycles. The van der Waals surface area contributed by atoms with E-state index in [0.717, 1.165) is 11.1 Å². The van der Waals surface area contributed by atoms with Crippen LogP contribution in [0, 0.1) is 5.82 Å². The highest BCUT2D eigenvalue weighted by molar-refractivity contribution is 7.13. The summed E-state index contributed by atoms with van der Waals surface area (Å²) < 4.78 is 19.9. The van der Waals surface area contributed by atoms with Crippen molar-refractivity contribution in [1.29, 1.82) is 0 Å². The van der Waals surface area contributed by atoms with Crippen molar-refractivity contribution in [3.63, 3.8) is 0 Å². The molecule has 0 spiro atoms. The summed E-state index contributed by atoms with van der Waals surface area (Å²) in [6.07, 6.45) is 0. The van der Waals surface area contributed by atoms with Crippen LogP contribution in [0.25, 0.3) is 21.3 Å². The van der Waals surface area contributed by atoms with Gasteiger partial charge in [0.1, 0.15) is 17.4 Å². The summed E-state index contributed by atoms with van der Waals surface area (Å²) in [6, 6.07) is 22.3. The van der Waals surface area contributed by atoms with Crippen LogP contribution >= 0.6 is 11.3 Å². The van der Waals surface area contributed by atoms with Crippen LogP contribution < -0.4 is 5.56 Å². The van der Waals surface area contributed by atoms with Crippen molar-refractivity contribution in [3.05, 3.63) is 117 Å². The number of aromatic nitrogens is 3. The first-order valence-electron chi connectivity index (χ1n) is 10.5.